The Balaban J connectivity index is 2.57. The third kappa shape index (κ3) is 4.77. The first-order valence-electron chi connectivity index (χ1n) is 6.12. The predicted octanol–water partition coefficient (Wildman–Crippen LogP) is 1.62. The van der Waals surface area contributed by atoms with E-state index in [2.05, 4.69) is 10.2 Å². The molecule has 1 aromatic heterocycles. The first-order valence-corrected chi connectivity index (χ1v) is 8.43. The number of H-pyrrole nitrogens is 1. The SMILES string of the molecule is CCCCOCCOC(=O)c1n[nH]c(C)c1S(=O)(=O)Cl. The van der Waals surface area contributed by atoms with E-state index in [1.54, 1.807) is 0 Å². The molecule has 7 nitrogen and oxygen atoms in total. The minimum Gasteiger partial charge on any atom is -0.458 e. The zero-order valence-corrected chi connectivity index (χ0v) is 12.9. The average Bonchev–Trinajstić information content (AvgIpc) is 2.75. The van der Waals surface area contributed by atoms with Crippen LogP contribution in [0.2, 0.25) is 0 Å². The van der Waals surface area contributed by atoms with Crippen molar-refractivity contribution in [3.63, 3.8) is 0 Å². The maximum Gasteiger partial charge on any atom is 0.360 e. The molecule has 9 heteroatoms. The lowest BCUT2D eigenvalue weighted by atomic mass is 10.4. The van der Waals surface area contributed by atoms with E-state index in [0.29, 0.717) is 6.61 Å². The molecule has 0 aliphatic carbocycles. The topological polar surface area (TPSA) is 98.3 Å². The summed E-state index contributed by atoms with van der Waals surface area (Å²) in [6.45, 7) is 4.36. The molecular weight excluding hydrogens is 308 g/mol. The van der Waals surface area contributed by atoms with Crippen LogP contribution in [-0.2, 0) is 18.5 Å². The van der Waals surface area contributed by atoms with Gasteiger partial charge in [-0.05, 0) is 13.3 Å². The highest BCUT2D eigenvalue weighted by Gasteiger charge is 2.27. The molecule has 0 bridgehead atoms. The van der Waals surface area contributed by atoms with Gasteiger partial charge in [0, 0.05) is 17.3 Å². The van der Waals surface area contributed by atoms with Crippen LogP contribution in [-0.4, -0.2) is 44.4 Å². The van der Waals surface area contributed by atoms with Crippen LogP contribution in [0.1, 0.15) is 35.9 Å². The maximum atomic E-state index is 11.7. The minimum atomic E-state index is -4.06. The van der Waals surface area contributed by atoms with Crippen molar-refractivity contribution in [1.29, 1.82) is 0 Å². The van der Waals surface area contributed by atoms with Gasteiger partial charge in [-0.3, -0.25) is 5.10 Å². The Morgan fingerprint density at radius 1 is 1.35 bits per heavy atom. The number of halogens is 1. The molecular formula is C11H17ClN2O5S. The number of rotatable bonds is 8. The van der Waals surface area contributed by atoms with Gasteiger partial charge in [0.1, 0.15) is 11.5 Å². The van der Waals surface area contributed by atoms with Gasteiger partial charge in [0.25, 0.3) is 9.05 Å². The lowest BCUT2D eigenvalue weighted by Crippen LogP contribution is -2.14. The molecule has 114 valence electrons. The highest BCUT2D eigenvalue weighted by Crippen LogP contribution is 2.22. The lowest BCUT2D eigenvalue weighted by Gasteiger charge is -2.05. The molecule has 0 aliphatic heterocycles. The van der Waals surface area contributed by atoms with E-state index in [9.17, 15) is 13.2 Å². The van der Waals surface area contributed by atoms with E-state index in [4.69, 9.17) is 20.2 Å². The quantitative estimate of drug-likeness (QED) is 0.443. The Morgan fingerprint density at radius 3 is 2.65 bits per heavy atom. The van der Waals surface area contributed by atoms with Crippen molar-refractivity contribution in [2.45, 2.75) is 31.6 Å². The third-order valence-corrected chi connectivity index (χ3v) is 3.88. The van der Waals surface area contributed by atoms with Gasteiger partial charge in [-0.1, -0.05) is 13.3 Å². The number of carbonyl (C=O) groups excluding carboxylic acids is 1. The number of hydrogen-bond donors (Lipinski definition) is 1. The second-order valence-electron chi connectivity index (χ2n) is 4.07. The fraction of sp³-hybridized carbons (Fsp3) is 0.636. The van der Waals surface area contributed by atoms with Crippen LogP contribution in [0.15, 0.2) is 4.90 Å². The van der Waals surface area contributed by atoms with Crippen molar-refractivity contribution in [3.8, 4) is 0 Å². The summed E-state index contributed by atoms with van der Waals surface area (Å²) in [5.74, 6) is -0.854. The molecule has 1 aromatic rings. The zero-order chi connectivity index (χ0) is 15.2. The van der Waals surface area contributed by atoms with Gasteiger partial charge in [-0.2, -0.15) is 5.10 Å². The third-order valence-electron chi connectivity index (χ3n) is 2.43. The maximum absolute atomic E-state index is 11.7. The summed E-state index contributed by atoms with van der Waals surface area (Å²) < 4.78 is 32.8. The molecule has 0 fully saturated rings. The summed E-state index contributed by atoms with van der Waals surface area (Å²) >= 11 is 0. The molecule has 0 saturated carbocycles. The first-order chi connectivity index (χ1) is 9.38. The van der Waals surface area contributed by atoms with Crippen molar-refractivity contribution in [2.24, 2.45) is 0 Å². The number of aromatic nitrogens is 2. The molecule has 1 N–H and O–H groups in total. The van der Waals surface area contributed by atoms with Gasteiger partial charge in [0.05, 0.1) is 12.3 Å². The van der Waals surface area contributed by atoms with Crippen molar-refractivity contribution >= 4 is 25.7 Å². The summed E-state index contributed by atoms with van der Waals surface area (Å²) in [7, 11) is 1.19. The second kappa shape index (κ2) is 7.61. The van der Waals surface area contributed by atoms with Gasteiger partial charge >= 0.3 is 5.97 Å². The Labute approximate surface area is 122 Å². The van der Waals surface area contributed by atoms with Crippen LogP contribution in [0.5, 0.6) is 0 Å². The number of hydrogen-bond acceptors (Lipinski definition) is 6. The van der Waals surface area contributed by atoms with Crippen molar-refractivity contribution in [1.82, 2.24) is 10.2 Å². The molecule has 0 atom stereocenters. The molecule has 0 amide bonds. The van der Waals surface area contributed by atoms with E-state index < -0.39 is 15.0 Å². The van der Waals surface area contributed by atoms with E-state index in [1.165, 1.54) is 6.92 Å². The Kier molecular flexibility index (Phi) is 6.44. The largest absolute Gasteiger partial charge is 0.458 e. The zero-order valence-electron chi connectivity index (χ0n) is 11.3. The van der Waals surface area contributed by atoms with Crippen LogP contribution < -0.4 is 0 Å². The minimum absolute atomic E-state index is 0.0240. The number of ether oxygens (including phenoxy) is 2. The summed E-state index contributed by atoms with van der Waals surface area (Å²) in [6.07, 6.45) is 1.95. The summed E-state index contributed by atoms with van der Waals surface area (Å²) in [4.78, 5) is 11.4. The molecule has 0 unspecified atom stereocenters. The number of esters is 1. The molecule has 0 radical (unpaired) electrons. The molecule has 0 saturated heterocycles. The number of nitrogens with one attached hydrogen (secondary N) is 1. The van der Waals surface area contributed by atoms with Crippen LogP contribution >= 0.6 is 10.7 Å². The molecule has 0 spiro atoms. The Morgan fingerprint density at radius 2 is 2.05 bits per heavy atom. The molecule has 20 heavy (non-hydrogen) atoms. The lowest BCUT2D eigenvalue weighted by molar-refractivity contribution is 0.0304. The number of unbranched alkanes of at least 4 members (excludes halogenated alkanes) is 1. The summed E-state index contributed by atoms with van der Waals surface area (Å²) in [6, 6.07) is 0. The summed E-state index contributed by atoms with van der Waals surface area (Å²) in [5.41, 5.74) is -0.155. The van der Waals surface area contributed by atoms with Gasteiger partial charge in [-0.15, -0.1) is 0 Å². The van der Waals surface area contributed by atoms with Crippen LogP contribution in [0.3, 0.4) is 0 Å². The molecule has 0 aromatic carbocycles. The second-order valence-corrected chi connectivity index (χ2v) is 6.57. The Bertz CT molecular complexity index is 555. The van der Waals surface area contributed by atoms with Gasteiger partial charge in [0.2, 0.25) is 0 Å². The average molecular weight is 325 g/mol. The Hall–Kier alpha value is -1.12. The fourth-order valence-corrected chi connectivity index (χ4v) is 2.80. The van der Waals surface area contributed by atoms with Crippen LogP contribution in [0.4, 0.5) is 0 Å². The number of nitrogens with zero attached hydrogens (tertiary/aromatic N) is 1. The highest BCUT2D eigenvalue weighted by atomic mass is 35.7. The van der Waals surface area contributed by atoms with Gasteiger partial charge < -0.3 is 9.47 Å². The van der Waals surface area contributed by atoms with E-state index in [0.717, 1.165) is 12.8 Å². The normalized spacial score (nSPS) is 11.6. The van der Waals surface area contributed by atoms with Gasteiger partial charge in [-0.25, -0.2) is 13.2 Å². The van der Waals surface area contributed by atoms with Crippen LogP contribution in [0.25, 0.3) is 0 Å². The van der Waals surface area contributed by atoms with Crippen molar-refractivity contribution in [3.05, 3.63) is 11.4 Å². The van der Waals surface area contributed by atoms with E-state index in [-0.39, 0.29) is 29.5 Å². The van der Waals surface area contributed by atoms with Crippen molar-refractivity contribution in [2.75, 3.05) is 19.8 Å². The fourth-order valence-electron chi connectivity index (χ4n) is 1.47. The molecule has 1 rings (SSSR count). The van der Waals surface area contributed by atoms with E-state index in [1.807, 2.05) is 6.92 Å². The first kappa shape index (κ1) is 16.9. The molecule has 1 heterocycles. The number of aromatic amines is 1. The highest BCUT2D eigenvalue weighted by molar-refractivity contribution is 8.13. The van der Waals surface area contributed by atoms with Crippen LogP contribution in [0, 0.1) is 6.92 Å². The predicted molar refractivity (Wildman–Crippen MR) is 72.4 cm³/mol. The number of aryl methyl sites for hydroxylation is 1. The summed E-state index contributed by atoms with van der Waals surface area (Å²) in [5, 5.41) is 6.00. The smallest absolute Gasteiger partial charge is 0.360 e. The standard InChI is InChI=1S/C11H17ClN2O5S/c1-3-4-5-18-6-7-19-11(15)9-10(20(12,16)17)8(2)13-14-9/h3-7H2,1-2H3,(H,13,14). The van der Waals surface area contributed by atoms with E-state index >= 15 is 0 Å². The molecule has 0 aliphatic rings. The number of carbonyl (C=O) groups is 1. The van der Waals surface area contributed by atoms with Gasteiger partial charge in [0.15, 0.2) is 5.69 Å². The monoisotopic (exact) mass is 324 g/mol. The van der Waals surface area contributed by atoms with Crippen molar-refractivity contribution < 1.29 is 22.7 Å².